The molecule has 0 amide bonds. The molecule has 1 aromatic rings. The van der Waals surface area contributed by atoms with Crippen molar-refractivity contribution in [3.05, 3.63) is 22.4 Å². The molecule has 0 aromatic carbocycles. The van der Waals surface area contributed by atoms with Gasteiger partial charge in [-0.15, -0.1) is 35.3 Å². The Morgan fingerprint density at radius 2 is 1.93 bits per heavy atom. The fourth-order valence-corrected chi connectivity index (χ4v) is 4.25. The van der Waals surface area contributed by atoms with Crippen LogP contribution in [0.25, 0.3) is 0 Å². The van der Waals surface area contributed by atoms with Crippen molar-refractivity contribution in [3.8, 4) is 0 Å². The molecule has 0 aliphatic carbocycles. The van der Waals surface area contributed by atoms with E-state index in [9.17, 15) is 0 Å². The summed E-state index contributed by atoms with van der Waals surface area (Å²) in [7, 11) is 6.08. The van der Waals surface area contributed by atoms with Gasteiger partial charge in [0.15, 0.2) is 5.96 Å². The van der Waals surface area contributed by atoms with Gasteiger partial charge in [0.2, 0.25) is 0 Å². The third-order valence-corrected chi connectivity index (χ3v) is 5.92. The lowest BCUT2D eigenvalue weighted by Gasteiger charge is -2.37. The van der Waals surface area contributed by atoms with Gasteiger partial charge in [0.05, 0.1) is 19.3 Å². The molecule has 2 N–H and O–H groups in total. The average molecular weight is 510 g/mol. The van der Waals surface area contributed by atoms with Crippen LogP contribution < -0.4 is 10.6 Å². The molecule has 2 heterocycles. The van der Waals surface area contributed by atoms with Gasteiger partial charge in [-0.05, 0) is 31.5 Å². The number of thiophene rings is 1. The summed E-state index contributed by atoms with van der Waals surface area (Å²) in [6.07, 6.45) is 0. The summed E-state index contributed by atoms with van der Waals surface area (Å²) in [5.41, 5.74) is 0. The summed E-state index contributed by atoms with van der Waals surface area (Å²) in [5, 5.41) is 9.16. The first kappa shape index (κ1) is 24.6. The second kappa shape index (κ2) is 12.9. The van der Waals surface area contributed by atoms with Gasteiger partial charge in [0.1, 0.15) is 0 Å². The van der Waals surface area contributed by atoms with Crippen LogP contribution in [0.1, 0.15) is 24.8 Å². The van der Waals surface area contributed by atoms with Crippen molar-refractivity contribution in [2.75, 3.05) is 60.5 Å². The second-order valence-corrected chi connectivity index (χ2v) is 8.27. The van der Waals surface area contributed by atoms with Crippen molar-refractivity contribution in [1.82, 2.24) is 20.4 Å². The van der Waals surface area contributed by atoms with E-state index in [0.717, 1.165) is 45.4 Å². The van der Waals surface area contributed by atoms with Crippen molar-refractivity contribution < 1.29 is 4.74 Å². The van der Waals surface area contributed by atoms with E-state index in [1.165, 1.54) is 4.88 Å². The first-order chi connectivity index (χ1) is 12.5. The van der Waals surface area contributed by atoms with Gasteiger partial charge >= 0.3 is 0 Å². The predicted molar refractivity (Wildman–Crippen MR) is 127 cm³/mol. The first-order valence-electron chi connectivity index (χ1n) is 9.49. The average Bonchev–Trinajstić information content (AvgIpc) is 3.15. The molecule has 1 saturated heterocycles. The SMILES string of the molecule is CN=C(NCC(c1cccs1)N(C)C)NCC(C(C)C)N1CCOCC1.I. The number of nitrogens with zero attached hydrogens (tertiary/aromatic N) is 3. The monoisotopic (exact) mass is 509 g/mol. The van der Waals surface area contributed by atoms with Crippen molar-refractivity contribution in [3.63, 3.8) is 0 Å². The number of rotatable bonds is 8. The van der Waals surface area contributed by atoms with Crippen molar-refractivity contribution in [1.29, 1.82) is 0 Å². The molecule has 6 nitrogen and oxygen atoms in total. The fourth-order valence-electron chi connectivity index (χ4n) is 3.33. The number of hydrogen-bond acceptors (Lipinski definition) is 5. The quantitative estimate of drug-likeness (QED) is 0.321. The minimum Gasteiger partial charge on any atom is -0.379 e. The largest absolute Gasteiger partial charge is 0.379 e. The lowest BCUT2D eigenvalue weighted by atomic mass is 10.0. The van der Waals surface area contributed by atoms with Crippen molar-refractivity contribution in [2.45, 2.75) is 25.9 Å². The van der Waals surface area contributed by atoms with Gasteiger partial charge in [0.25, 0.3) is 0 Å². The Morgan fingerprint density at radius 1 is 1.26 bits per heavy atom. The van der Waals surface area contributed by atoms with Crippen LogP contribution in [0.4, 0.5) is 0 Å². The molecular weight excluding hydrogens is 473 g/mol. The summed E-state index contributed by atoms with van der Waals surface area (Å²) in [5.74, 6) is 1.45. The van der Waals surface area contributed by atoms with E-state index < -0.39 is 0 Å². The maximum Gasteiger partial charge on any atom is 0.191 e. The van der Waals surface area contributed by atoms with Gasteiger partial charge in [-0.1, -0.05) is 19.9 Å². The molecule has 0 saturated carbocycles. The zero-order valence-corrected chi connectivity index (χ0v) is 20.4. The zero-order valence-electron chi connectivity index (χ0n) is 17.3. The molecule has 1 fully saturated rings. The minimum absolute atomic E-state index is 0. The topological polar surface area (TPSA) is 52.1 Å². The molecule has 2 unspecified atom stereocenters. The van der Waals surface area contributed by atoms with Crippen LogP contribution in [-0.4, -0.2) is 82.3 Å². The Labute approximate surface area is 185 Å². The number of hydrogen-bond donors (Lipinski definition) is 2. The highest BCUT2D eigenvalue weighted by molar-refractivity contribution is 14.0. The molecular formula is C19H36IN5OS. The molecule has 8 heteroatoms. The van der Waals surface area contributed by atoms with Crippen molar-refractivity contribution in [2.24, 2.45) is 10.9 Å². The highest BCUT2D eigenvalue weighted by Crippen LogP contribution is 2.22. The van der Waals surface area contributed by atoms with Crippen LogP contribution in [0.15, 0.2) is 22.5 Å². The van der Waals surface area contributed by atoms with E-state index in [2.05, 4.69) is 70.9 Å². The van der Waals surface area contributed by atoms with Crippen LogP contribution in [0.2, 0.25) is 0 Å². The molecule has 1 aliphatic heterocycles. The number of morpholine rings is 1. The van der Waals surface area contributed by atoms with E-state index in [4.69, 9.17) is 4.74 Å². The molecule has 0 spiro atoms. The molecule has 1 aromatic heterocycles. The minimum atomic E-state index is 0. The maximum absolute atomic E-state index is 5.50. The van der Waals surface area contributed by atoms with Crippen molar-refractivity contribution >= 4 is 41.3 Å². The van der Waals surface area contributed by atoms with E-state index in [1.807, 2.05) is 7.05 Å². The number of halogens is 1. The highest BCUT2D eigenvalue weighted by Gasteiger charge is 2.24. The lowest BCUT2D eigenvalue weighted by Crippen LogP contribution is -2.53. The Kier molecular flexibility index (Phi) is 11.8. The number of aliphatic imine (C=N–C) groups is 1. The molecule has 156 valence electrons. The third-order valence-electron chi connectivity index (χ3n) is 4.94. The molecule has 1 aliphatic rings. The van der Waals surface area contributed by atoms with Gasteiger partial charge < -0.3 is 20.3 Å². The Bertz CT molecular complexity index is 532. The molecule has 27 heavy (non-hydrogen) atoms. The van der Waals surface area contributed by atoms with Gasteiger partial charge in [-0.3, -0.25) is 9.89 Å². The number of guanidine groups is 1. The van der Waals surface area contributed by atoms with E-state index >= 15 is 0 Å². The smallest absolute Gasteiger partial charge is 0.191 e. The summed E-state index contributed by atoms with van der Waals surface area (Å²) in [6, 6.07) is 5.13. The van der Waals surface area contributed by atoms with Crippen LogP contribution in [0.3, 0.4) is 0 Å². The summed E-state index contributed by atoms with van der Waals surface area (Å²) in [4.78, 5) is 10.6. The van der Waals surface area contributed by atoms with E-state index in [0.29, 0.717) is 18.0 Å². The molecule has 2 rings (SSSR count). The predicted octanol–water partition coefficient (Wildman–Crippen LogP) is 2.49. The molecule has 0 bridgehead atoms. The van der Waals surface area contributed by atoms with Crippen LogP contribution in [-0.2, 0) is 4.74 Å². The summed E-state index contributed by atoms with van der Waals surface area (Å²) in [6.45, 7) is 9.99. The van der Waals surface area contributed by atoms with Crippen LogP contribution in [0, 0.1) is 5.92 Å². The summed E-state index contributed by atoms with van der Waals surface area (Å²) < 4.78 is 5.50. The van der Waals surface area contributed by atoms with E-state index in [-0.39, 0.29) is 24.0 Å². The highest BCUT2D eigenvalue weighted by atomic mass is 127. The third kappa shape index (κ3) is 7.84. The maximum atomic E-state index is 5.50. The van der Waals surface area contributed by atoms with E-state index in [1.54, 1.807) is 11.3 Å². The summed E-state index contributed by atoms with van der Waals surface area (Å²) >= 11 is 1.80. The fraction of sp³-hybridized carbons (Fsp3) is 0.737. The normalized spacial score (nSPS) is 18.3. The Balaban J connectivity index is 0.00000364. The van der Waals surface area contributed by atoms with Gasteiger partial charge in [-0.2, -0.15) is 0 Å². The number of ether oxygens (including phenoxy) is 1. The zero-order chi connectivity index (χ0) is 18.9. The van der Waals surface area contributed by atoms with Crippen LogP contribution >= 0.6 is 35.3 Å². The molecule has 2 atom stereocenters. The first-order valence-corrected chi connectivity index (χ1v) is 10.4. The second-order valence-electron chi connectivity index (χ2n) is 7.29. The Hall–Kier alpha value is -0.420. The number of nitrogens with one attached hydrogen (secondary N) is 2. The molecule has 0 radical (unpaired) electrons. The number of likely N-dealkylation sites (N-methyl/N-ethyl adjacent to an activating group) is 1. The van der Waals surface area contributed by atoms with Crippen LogP contribution in [0.5, 0.6) is 0 Å². The van der Waals surface area contributed by atoms with Gasteiger partial charge in [0, 0.05) is 44.1 Å². The lowest BCUT2D eigenvalue weighted by molar-refractivity contribution is 0.00752. The van der Waals surface area contributed by atoms with Gasteiger partial charge in [-0.25, -0.2) is 0 Å². The standard InChI is InChI=1S/C19H35N5OS.HI/c1-15(2)16(24-8-10-25-11-9-24)13-21-19(20-3)22-14-17(23(4)5)18-7-6-12-26-18;/h6-7,12,15-17H,8-11,13-14H2,1-5H3,(H2,20,21,22);1H. The Morgan fingerprint density at radius 3 is 2.44 bits per heavy atom.